The number of nitrogens with zero attached hydrogens (tertiary/aromatic N) is 2. The molecule has 1 aromatic rings. The smallest absolute Gasteiger partial charge is 0.301 e. The van der Waals surface area contributed by atoms with Crippen LogP contribution in [0.3, 0.4) is 0 Å². The molecule has 0 bridgehead atoms. The molecule has 0 spiro atoms. The van der Waals surface area contributed by atoms with Crippen LogP contribution in [0.5, 0.6) is 0 Å². The van der Waals surface area contributed by atoms with Crippen LogP contribution >= 0.6 is 11.8 Å². The van der Waals surface area contributed by atoms with Gasteiger partial charge in [-0.25, -0.2) is 4.98 Å². The van der Waals surface area contributed by atoms with E-state index in [1.165, 1.54) is 24.0 Å². The van der Waals surface area contributed by atoms with E-state index < -0.39 is 4.92 Å². The number of anilines is 1. The Labute approximate surface area is 85.2 Å². The maximum absolute atomic E-state index is 10.6. The lowest BCUT2D eigenvalue weighted by atomic mass is 10.4. The Kier molecular flexibility index (Phi) is 3.47. The molecule has 0 aliphatic rings. The first-order valence-corrected chi connectivity index (χ1v) is 4.77. The summed E-state index contributed by atoms with van der Waals surface area (Å²) < 4.78 is 0. The predicted octanol–water partition coefficient (Wildman–Crippen LogP) is 1.85. The normalized spacial score (nSPS) is 9.71. The zero-order valence-corrected chi connectivity index (χ0v) is 8.16. The van der Waals surface area contributed by atoms with Gasteiger partial charge in [0.15, 0.2) is 0 Å². The monoisotopic (exact) mass is 211 g/mol. The number of nitro groups is 1. The van der Waals surface area contributed by atoms with Crippen LogP contribution < -0.4 is 5.73 Å². The standard InChI is InChI=1S/C8H9N3O2S/c1-2-3-14-7-4-8(9)10-5-6(7)11(12)13/h2,4-5H,1,3H2,(H2,9,10). The Morgan fingerprint density at radius 1 is 1.79 bits per heavy atom. The van der Waals surface area contributed by atoms with Crippen molar-refractivity contribution in [2.45, 2.75) is 4.90 Å². The summed E-state index contributed by atoms with van der Waals surface area (Å²) >= 11 is 1.31. The van der Waals surface area contributed by atoms with Gasteiger partial charge in [0, 0.05) is 11.8 Å². The van der Waals surface area contributed by atoms with Crippen molar-refractivity contribution < 1.29 is 4.92 Å². The average Bonchev–Trinajstić information content (AvgIpc) is 2.14. The lowest BCUT2D eigenvalue weighted by Crippen LogP contribution is -1.96. The van der Waals surface area contributed by atoms with E-state index in [0.29, 0.717) is 10.6 Å². The van der Waals surface area contributed by atoms with Gasteiger partial charge in [0.25, 0.3) is 0 Å². The Morgan fingerprint density at radius 2 is 2.50 bits per heavy atom. The topological polar surface area (TPSA) is 82.0 Å². The molecule has 2 N–H and O–H groups in total. The zero-order valence-electron chi connectivity index (χ0n) is 7.34. The van der Waals surface area contributed by atoms with Gasteiger partial charge in [0.2, 0.25) is 0 Å². The largest absolute Gasteiger partial charge is 0.384 e. The Bertz CT molecular complexity index is 368. The molecule has 74 valence electrons. The van der Waals surface area contributed by atoms with Crippen molar-refractivity contribution in [1.29, 1.82) is 0 Å². The number of hydrogen-bond acceptors (Lipinski definition) is 5. The molecule has 0 amide bonds. The van der Waals surface area contributed by atoms with Gasteiger partial charge in [-0.05, 0) is 0 Å². The lowest BCUT2D eigenvalue weighted by molar-refractivity contribution is -0.388. The number of nitrogen functional groups attached to an aromatic ring is 1. The van der Waals surface area contributed by atoms with E-state index in [-0.39, 0.29) is 11.5 Å². The Hall–Kier alpha value is -1.56. The van der Waals surface area contributed by atoms with Crippen molar-refractivity contribution in [3.05, 3.63) is 35.0 Å². The van der Waals surface area contributed by atoms with Gasteiger partial charge in [0.1, 0.15) is 12.0 Å². The fraction of sp³-hybridized carbons (Fsp3) is 0.125. The predicted molar refractivity (Wildman–Crippen MR) is 56.2 cm³/mol. The molecule has 0 aliphatic carbocycles. The maximum Gasteiger partial charge on any atom is 0.301 e. The molecule has 0 saturated carbocycles. The second-order valence-corrected chi connectivity index (χ2v) is 3.50. The van der Waals surface area contributed by atoms with Crippen molar-refractivity contribution in [2.75, 3.05) is 11.5 Å². The van der Waals surface area contributed by atoms with Crippen LogP contribution in [0.2, 0.25) is 0 Å². The van der Waals surface area contributed by atoms with Gasteiger partial charge in [-0.15, -0.1) is 18.3 Å². The van der Waals surface area contributed by atoms with Gasteiger partial charge in [-0.3, -0.25) is 10.1 Å². The molecule has 1 aromatic heterocycles. The third-order valence-corrected chi connectivity index (χ3v) is 2.46. The molecule has 0 fully saturated rings. The van der Waals surface area contributed by atoms with E-state index in [1.807, 2.05) is 0 Å². The van der Waals surface area contributed by atoms with Crippen LogP contribution in [-0.2, 0) is 0 Å². The number of pyridine rings is 1. The number of nitrogens with two attached hydrogens (primary N) is 1. The highest BCUT2D eigenvalue weighted by atomic mass is 32.2. The molecule has 5 nitrogen and oxygen atoms in total. The van der Waals surface area contributed by atoms with Crippen LogP contribution in [0.4, 0.5) is 11.5 Å². The minimum Gasteiger partial charge on any atom is -0.384 e. The van der Waals surface area contributed by atoms with E-state index in [4.69, 9.17) is 5.73 Å². The van der Waals surface area contributed by atoms with E-state index in [1.54, 1.807) is 6.08 Å². The minimum atomic E-state index is -0.474. The van der Waals surface area contributed by atoms with Crippen LogP contribution in [0.15, 0.2) is 29.8 Å². The van der Waals surface area contributed by atoms with Crippen molar-refractivity contribution in [1.82, 2.24) is 4.98 Å². The quantitative estimate of drug-likeness (QED) is 0.355. The number of aromatic nitrogens is 1. The van der Waals surface area contributed by atoms with Crippen molar-refractivity contribution in [3.8, 4) is 0 Å². The summed E-state index contributed by atoms with van der Waals surface area (Å²) in [6, 6.07) is 1.49. The van der Waals surface area contributed by atoms with Crippen LogP contribution in [0, 0.1) is 10.1 Å². The molecule has 0 aromatic carbocycles. The molecule has 0 unspecified atom stereocenters. The number of thioether (sulfide) groups is 1. The summed E-state index contributed by atoms with van der Waals surface area (Å²) in [5.41, 5.74) is 5.40. The first kappa shape index (κ1) is 10.5. The molecule has 0 atom stereocenters. The van der Waals surface area contributed by atoms with Gasteiger partial charge in [-0.1, -0.05) is 6.08 Å². The molecule has 0 aliphatic heterocycles. The fourth-order valence-corrected chi connectivity index (χ4v) is 1.62. The molecule has 0 radical (unpaired) electrons. The van der Waals surface area contributed by atoms with Gasteiger partial charge >= 0.3 is 5.69 Å². The number of rotatable bonds is 4. The molecule has 14 heavy (non-hydrogen) atoms. The highest BCUT2D eigenvalue weighted by Gasteiger charge is 2.14. The summed E-state index contributed by atoms with van der Waals surface area (Å²) in [5, 5.41) is 10.6. The first-order valence-electron chi connectivity index (χ1n) is 3.78. The van der Waals surface area contributed by atoms with Crippen LogP contribution in [-0.4, -0.2) is 15.7 Å². The van der Waals surface area contributed by atoms with E-state index >= 15 is 0 Å². The van der Waals surface area contributed by atoms with Gasteiger partial charge in [0.05, 0.1) is 9.82 Å². The van der Waals surface area contributed by atoms with E-state index in [2.05, 4.69) is 11.6 Å². The third kappa shape index (κ3) is 2.46. The summed E-state index contributed by atoms with van der Waals surface area (Å²) in [5.74, 6) is 0.881. The van der Waals surface area contributed by atoms with Crippen LogP contribution in [0.1, 0.15) is 0 Å². The third-order valence-electron chi connectivity index (χ3n) is 1.42. The Morgan fingerprint density at radius 3 is 3.07 bits per heavy atom. The summed E-state index contributed by atoms with van der Waals surface area (Å²) in [7, 11) is 0. The zero-order chi connectivity index (χ0) is 10.6. The van der Waals surface area contributed by atoms with Crippen molar-refractivity contribution in [2.24, 2.45) is 0 Å². The molecule has 1 heterocycles. The second kappa shape index (κ2) is 4.61. The highest BCUT2D eigenvalue weighted by molar-refractivity contribution is 7.99. The summed E-state index contributed by atoms with van der Waals surface area (Å²) in [6.07, 6.45) is 2.84. The van der Waals surface area contributed by atoms with Gasteiger partial charge < -0.3 is 5.73 Å². The highest BCUT2D eigenvalue weighted by Crippen LogP contribution is 2.29. The summed E-state index contributed by atoms with van der Waals surface area (Å²) in [4.78, 5) is 14.3. The fourth-order valence-electron chi connectivity index (χ4n) is 0.846. The second-order valence-electron chi connectivity index (χ2n) is 2.43. The van der Waals surface area contributed by atoms with E-state index in [0.717, 1.165) is 0 Å². The Balaban J connectivity index is 3.02. The summed E-state index contributed by atoms with van der Waals surface area (Å²) in [6.45, 7) is 3.54. The molecular formula is C8H9N3O2S. The average molecular weight is 211 g/mol. The minimum absolute atomic E-state index is 0.0222. The first-order chi connectivity index (χ1) is 6.65. The molecular weight excluding hydrogens is 202 g/mol. The number of hydrogen-bond donors (Lipinski definition) is 1. The molecule has 6 heteroatoms. The maximum atomic E-state index is 10.6. The lowest BCUT2D eigenvalue weighted by Gasteiger charge is -2.00. The van der Waals surface area contributed by atoms with Crippen molar-refractivity contribution >= 4 is 23.3 Å². The van der Waals surface area contributed by atoms with Crippen molar-refractivity contribution in [3.63, 3.8) is 0 Å². The molecule has 0 saturated heterocycles. The molecule has 1 rings (SSSR count). The van der Waals surface area contributed by atoms with Gasteiger partial charge in [-0.2, -0.15) is 0 Å². The van der Waals surface area contributed by atoms with E-state index in [9.17, 15) is 10.1 Å². The SMILES string of the molecule is C=CCSc1cc(N)ncc1[N+](=O)[O-]. The van der Waals surface area contributed by atoms with Crippen LogP contribution in [0.25, 0.3) is 0 Å².